The van der Waals surface area contributed by atoms with Crippen molar-refractivity contribution in [1.29, 1.82) is 0 Å². The quantitative estimate of drug-likeness (QED) is 0.475. The van der Waals surface area contributed by atoms with E-state index in [0.29, 0.717) is 0 Å². The maximum atomic E-state index is 11.1. The maximum Gasteiger partial charge on any atom is 0.334 e. The van der Waals surface area contributed by atoms with Crippen molar-refractivity contribution in [2.24, 2.45) is 0 Å². The van der Waals surface area contributed by atoms with Crippen molar-refractivity contribution in [2.45, 2.75) is 19.9 Å². The number of rotatable bonds is 5. The van der Waals surface area contributed by atoms with Crippen LogP contribution in [0.5, 0.6) is 0 Å². The Kier molecular flexibility index (Phi) is 5.88. The maximum absolute atomic E-state index is 11.1. The van der Waals surface area contributed by atoms with E-state index < -0.39 is 18.0 Å². The number of esters is 2. The molecule has 0 heterocycles. The van der Waals surface area contributed by atoms with Crippen molar-refractivity contribution < 1.29 is 19.1 Å². The van der Waals surface area contributed by atoms with Gasteiger partial charge in [-0.2, -0.15) is 0 Å². The van der Waals surface area contributed by atoms with E-state index in [9.17, 15) is 9.59 Å². The lowest BCUT2D eigenvalue weighted by Crippen LogP contribution is -2.43. The van der Waals surface area contributed by atoms with Crippen molar-refractivity contribution in [3.63, 3.8) is 0 Å². The van der Waals surface area contributed by atoms with Crippen LogP contribution in [0.3, 0.4) is 0 Å². The average Bonchev–Trinajstić information content (AvgIpc) is 2.06. The molecular formula is C8H15NO4. The van der Waals surface area contributed by atoms with Crippen LogP contribution >= 0.6 is 0 Å². The molecule has 0 amide bonds. The smallest absolute Gasteiger partial charge is 0.334 e. The number of carbonyl (C=O) groups is 2. The molecule has 76 valence electrons. The minimum atomic E-state index is -1.01. The Morgan fingerprint density at radius 3 is 1.77 bits per heavy atom. The van der Waals surface area contributed by atoms with Gasteiger partial charge in [0.25, 0.3) is 0 Å². The molecule has 0 aromatic carbocycles. The van der Waals surface area contributed by atoms with Gasteiger partial charge >= 0.3 is 11.9 Å². The highest BCUT2D eigenvalue weighted by atomic mass is 16.6. The number of hydrogen-bond acceptors (Lipinski definition) is 5. The lowest BCUT2D eigenvalue weighted by molar-refractivity contribution is -0.157. The summed E-state index contributed by atoms with van der Waals surface area (Å²) in [5.74, 6) is -1.22. The minimum absolute atomic E-state index is 0.246. The molecule has 0 radical (unpaired) electrons. The van der Waals surface area contributed by atoms with Crippen LogP contribution in [0.4, 0.5) is 0 Å². The van der Waals surface area contributed by atoms with E-state index in [1.54, 1.807) is 13.8 Å². The normalized spacial score (nSPS) is 9.85. The highest BCUT2D eigenvalue weighted by Crippen LogP contribution is 1.92. The molecular weight excluding hydrogens is 174 g/mol. The SMILES string of the molecule is CCOC(=O)C(NC)C(=O)OCC. The minimum Gasteiger partial charge on any atom is -0.464 e. The number of carbonyl (C=O) groups excluding carboxylic acids is 2. The predicted octanol–water partition coefficient (Wildman–Crippen LogP) is -0.299. The fraction of sp³-hybridized carbons (Fsp3) is 0.750. The first-order chi connectivity index (χ1) is 6.17. The topological polar surface area (TPSA) is 64.6 Å². The summed E-state index contributed by atoms with van der Waals surface area (Å²) in [6.45, 7) is 3.85. The Balaban J connectivity index is 4.15. The summed E-state index contributed by atoms with van der Waals surface area (Å²) in [7, 11) is 1.50. The van der Waals surface area contributed by atoms with E-state index in [-0.39, 0.29) is 13.2 Å². The van der Waals surface area contributed by atoms with Crippen LogP contribution in [-0.2, 0) is 19.1 Å². The van der Waals surface area contributed by atoms with Crippen LogP contribution in [0.15, 0.2) is 0 Å². The summed E-state index contributed by atoms with van der Waals surface area (Å²) >= 11 is 0. The van der Waals surface area contributed by atoms with Gasteiger partial charge in [0.15, 0.2) is 0 Å². The molecule has 1 N–H and O–H groups in total. The average molecular weight is 189 g/mol. The van der Waals surface area contributed by atoms with Crippen LogP contribution in [-0.4, -0.2) is 38.2 Å². The molecule has 0 atom stereocenters. The summed E-state index contributed by atoms with van der Waals surface area (Å²) < 4.78 is 9.32. The highest BCUT2D eigenvalue weighted by Gasteiger charge is 2.27. The first-order valence-electron chi connectivity index (χ1n) is 4.17. The molecule has 0 bridgehead atoms. The lowest BCUT2D eigenvalue weighted by Gasteiger charge is -2.12. The Labute approximate surface area is 77.4 Å². The monoisotopic (exact) mass is 189 g/mol. The second kappa shape index (κ2) is 6.42. The zero-order valence-electron chi connectivity index (χ0n) is 8.12. The van der Waals surface area contributed by atoms with E-state index in [2.05, 4.69) is 14.8 Å². The van der Waals surface area contributed by atoms with E-state index in [4.69, 9.17) is 0 Å². The first-order valence-corrected chi connectivity index (χ1v) is 4.17. The van der Waals surface area contributed by atoms with Gasteiger partial charge in [-0.15, -0.1) is 0 Å². The van der Waals surface area contributed by atoms with Crippen molar-refractivity contribution in [2.75, 3.05) is 20.3 Å². The van der Waals surface area contributed by atoms with Crippen molar-refractivity contribution >= 4 is 11.9 Å². The second-order valence-corrected chi connectivity index (χ2v) is 2.23. The Morgan fingerprint density at radius 2 is 1.54 bits per heavy atom. The number of ether oxygens (including phenoxy) is 2. The fourth-order valence-corrected chi connectivity index (χ4v) is 0.783. The molecule has 0 saturated carbocycles. The number of nitrogens with one attached hydrogen (secondary N) is 1. The number of likely N-dealkylation sites (N-methyl/N-ethyl adjacent to an activating group) is 1. The third kappa shape index (κ3) is 3.89. The molecule has 0 saturated heterocycles. The Bertz CT molecular complexity index is 163. The highest BCUT2D eigenvalue weighted by molar-refractivity contribution is 5.99. The summed E-state index contributed by atoms with van der Waals surface area (Å²) in [6.07, 6.45) is 0. The zero-order chi connectivity index (χ0) is 10.3. The molecule has 13 heavy (non-hydrogen) atoms. The van der Waals surface area contributed by atoms with Crippen LogP contribution < -0.4 is 5.32 Å². The zero-order valence-corrected chi connectivity index (χ0v) is 8.12. The largest absolute Gasteiger partial charge is 0.464 e. The van der Waals surface area contributed by atoms with Gasteiger partial charge in [0.05, 0.1) is 13.2 Å². The van der Waals surface area contributed by atoms with Gasteiger partial charge in [0.2, 0.25) is 6.04 Å². The van der Waals surface area contributed by atoms with E-state index in [1.165, 1.54) is 7.05 Å². The molecule has 0 aromatic heterocycles. The second-order valence-electron chi connectivity index (χ2n) is 2.23. The summed E-state index contributed by atoms with van der Waals surface area (Å²) in [5.41, 5.74) is 0. The van der Waals surface area contributed by atoms with Gasteiger partial charge in [-0.3, -0.25) is 5.32 Å². The molecule has 0 aliphatic rings. The van der Waals surface area contributed by atoms with Gasteiger partial charge in [0, 0.05) is 0 Å². The van der Waals surface area contributed by atoms with Crippen LogP contribution in [0, 0.1) is 0 Å². The van der Waals surface area contributed by atoms with E-state index in [1.807, 2.05) is 0 Å². The molecule has 0 fully saturated rings. The van der Waals surface area contributed by atoms with Crippen molar-refractivity contribution in [3.8, 4) is 0 Å². The predicted molar refractivity (Wildman–Crippen MR) is 46.1 cm³/mol. The van der Waals surface area contributed by atoms with E-state index >= 15 is 0 Å². The molecule has 0 aliphatic carbocycles. The van der Waals surface area contributed by atoms with Gasteiger partial charge in [-0.1, -0.05) is 0 Å². The molecule has 0 aromatic rings. The summed E-state index contributed by atoms with van der Waals surface area (Å²) in [4.78, 5) is 22.2. The molecule has 5 heteroatoms. The first kappa shape index (κ1) is 11.9. The molecule has 0 unspecified atom stereocenters. The Morgan fingerprint density at radius 1 is 1.15 bits per heavy atom. The van der Waals surface area contributed by atoms with Gasteiger partial charge < -0.3 is 9.47 Å². The molecule has 5 nitrogen and oxygen atoms in total. The number of hydrogen-bond donors (Lipinski definition) is 1. The fourth-order valence-electron chi connectivity index (χ4n) is 0.783. The molecule has 0 spiro atoms. The van der Waals surface area contributed by atoms with Crippen molar-refractivity contribution in [3.05, 3.63) is 0 Å². The van der Waals surface area contributed by atoms with Gasteiger partial charge in [0.1, 0.15) is 0 Å². The molecule has 0 aliphatic heterocycles. The summed E-state index contributed by atoms with van der Waals surface area (Å²) in [5, 5.41) is 2.52. The van der Waals surface area contributed by atoms with Crippen LogP contribution in [0.1, 0.15) is 13.8 Å². The standard InChI is InChI=1S/C8H15NO4/c1-4-12-7(10)6(9-3)8(11)13-5-2/h6,9H,4-5H2,1-3H3. The van der Waals surface area contributed by atoms with Crippen molar-refractivity contribution in [1.82, 2.24) is 5.32 Å². The Hall–Kier alpha value is -1.10. The van der Waals surface area contributed by atoms with Gasteiger partial charge in [-0.25, -0.2) is 9.59 Å². The third-order valence-corrected chi connectivity index (χ3v) is 1.33. The van der Waals surface area contributed by atoms with Crippen LogP contribution in [0.25, 0.3) is 0 Å². The molecule has 0 rings (SSSR count). The lowest BCUT2D eigenvalue weighted by atomic mass is 10.3. The third-order valence-electron chi connectivity index (χ3n) is 1.33. The summed E-state index contributed by atoms with van der Waals surface area (Å²) in [6, 6.07) is -1.01. The van der Waals surface area contributed by atoms with Gasteiger partial charge in [-0.05, 0) is 20.9 Å². The van der Waals surface area contributed by atoms with E-state index in [0.717, 1.165) is 0 Å². The van der Waals surface area contributed by atoms with Crippen LogP contribution in [0.2, 0.25) is 0 Å².